The molecule has 24 heavy (non-hydrogen) atoms. The fourth-order valence-electron chi connectivity index (χ4n) is 2.06. The van der Waals surface area contributed by atoms with Crippen LogP contribution < -0.4 is 15.8 Å². The third-order valence-electron chi connectivity index (χ3n) is 3.53. The average Bonchev–Trinajstić information content (AvgIpc) is 2.60. The van der Waals surface area contributed by atoms with Gasteiger partial charge in [0.1, 0.15) is 5.75 Å². The van der Waals surface area contributed by atoms with E-state index in [4.69, 9.17) is 15.2 Å². The lowest BCUT2D eigenvalue weighted by atomic mass is 10.1. The second-order valence-electron chi connectivity index (χ2n) is 5.24. The maximum absolute atomic E-state index is 12.0. The van der Waals surface area contributed by atoms with Gasteiger partial charge in [0, 0.05) is 12.2 Å². The molecule has 0 aliphatic heterocycles. The Hall–Kier alpha value is -3.02. The number of rotatable bonds is 6. The van der Waals surface area contributed by atoms with Crippen LogP contribution in [0.4, 0.5) is 5.69 Å². The first-order chi connectivity index (χ1) is 11.5. The van der Waals surface area contributed by atoms with Gasteiger partial charge in [-0.25, -0.2) is 4.79 Å². The van der Waals surface area contributed by atoms with Gasteiger partial charge in [-0.3, -0.25) is 4.79 Å². The van der Waals surface area contributed by atoms with Gasteiger partial charge in [-0.05, 0) is 36.2 Å². The van der Waals surface area contributed by atoms with E-state index >= 15 is 0 Å². The molecule has 0 saturated carbocycles. The molecule has 2 rings (SSSR count). The number of nitrogens with two attached hydrogens (primary N) is 1. The van der Waals surface area contributed by atoms with Crippen LogP contribution in [-0.4, -0.2) is 25.6 Å². The van der Waals surface area contributed by atoms with Crippen molar-refractivity contribution in [3.8, 4) is 5.75 Å². The number of anilines is 1. The van der Waals surface area contributed by atoms with Crippen molar-refractivity contribution >= 4 is 17.6 Å². The van der Waals surface area contributed by atoms with Crippen molar-refractivity contribution in [2.75, 3.05) is 19.5 Å². The van der Waals surface area contributed by atoms with E-state index in [0.29, 0.717) is 12.2 Å². The van der Waals surface area contributed by atoms with Crippen molar-refractivity contribution in [2.45, 2.75) is 13.5 Å². The fourth-order valence-corrected chi connectivity index (χ4v) is 2.06. The van der Waals surface area contributed by atoms with Crippen molar-refractivity contribution in [2.24, 2.45) is 0 Å². The molecule has 0 fully saturated rings. The molecule has 0 heterocycles. The van der Waals surface area contributed by atoms with Crippen LogP contribution in [0.3, 0.4) is 0 Å². The molecule has 0 bridgehead atoms. The van der Waals surface area contributed by atoms with Crippen LogP contribution in [0.2, 0.25) is 0 Å². The molecule has 0 aliphatic rings. The number of nitrogen functional groups attached to an aromatic ring is 1. The number of amides is 1. The molecular formula is C18H20N2O4. The van der Waals surface area contributed by atoms with E-state index in [1.54, 1.807) is 32.2 Å². The van der Waals surface area contributed by atoms with Gasteiger partial charge >= 0.3 is 5.97 Å². The second-order valence-corrected chi connectivity index (χ2v) is 5.24. The number of ether oxygens (including phenoxy) is 2. The molecule has 0 unspecified atom stereocenters. The summed E-state index contributed by atoms with van der Waals surface area (Å²) >= 11 is 0. The molecule has 0 radical (unpaired) electrons. The summed E-state index contributed by atoms with van der Waals surface area (Å²) < 4.78 is 10.1. The molecule has 0 aliphatic carbocycles. The summed E-state index contributed by atoms with van der Waals surface area (Å²) in [5.74, 6) is -0.254. The minimum atomic E-state index is -0.615. The fraction of sp³-hybridized carbons (Fsp3) is 0.222. The lowest BCUT2D eigenvalue weighted by Crippen LogP contribution is -2.28. The van der Waals surface area contributed by atoms with E-state index < -0.39 is 5.97 Å². The Kier molecular flexibility index (Phi) is 5.78. The lowest BCUT2D eigenvalue weighted by molar-refractivity contribution is -0.124. The zero-order chi connectivity index (χ0) is 17.5. The van der Waals surface area contributed by atoms with Crippen molar-refractivity contribution in [1.82, 2.24) is 5.32 Å². The van der Waals surface area contributed by atoms with Gasteiger partial charge in [0.2, 0.25) is 0 Å². The summed E-state index contributed by atoms with van der Waals surface area (Å²) in [4.78, 5) is 23.8. The van der Waals surface area contributed by atoms with Crippen LogP contribution in [0.25, 0.3) is 0 Å². The van der Waals surface area contributed by atoms with Gasteiger partial charge < -0.3 is 20.5 Å². The van der Waals surface area contributed by atoms with E-state index in [9.17, 15) is 9.59 Å². The molecular weight excluding hydrogens is 308 g/mol. The van der Waals surface area contributed by atoms with Crippen LogP contribution in [0.1, 0.15) is 21.5 Å². The van der Waals surface area contributed by atoms with Crippen LogP contribution in [0.5, 0.6) is 5.75 Å². The van der Waals surface area contributed by atoms with E-state index in [-0.39, 0.29) is 18.1 Å². The molecule has 6 nitrogen and oxygen atoms in total. The van der Waals surface area contributed by atoms with Gasteiger partial charge in [0.15, 0.2) is 6.61 Å². The zero-order valence-electron chi connectivity index (χ0n) is 13.7. The SMILES string of the molecule is COc1ccc(CNC(=O)COC(=O)c2cccc(C)c2N)cc1. The van der Waals surface area contributed by atoms with Gasteiger partial charge in [0.05, 0.1) is 12.7 Å². The first-order valence-electron chi connectivity index (χ1n) is 7.43. The highest BCUT2D eigenvalue weighted by atomic mass is 16.5. The van der Waals surface area contributed by atoms with Gasteiger partial charge in [-0.15, -0.1) is 0 Å². The maximum atomic E-state index is 12.0. The Balaban J connectivity index is 1.82. The lowest BCUT2D eigenvalue weighted by Gasteiger charge is -2.09. The predicted molar refractivity (Wildman–Crippen MR) is 90.7 cm³/mol. The van der Waals surface area contributed by atoms with Crippen molar-refractivity contribution in [1.29, 1.82) is 0 Å². The van der Waals surface area contributed by atoms with E-state index in [1.807, 2.05) is 24.3 Å². The third kappa shape index (κ3) is 4.49. The molecule has 2 aromatic carbocycles. The Morgan fingerprint density at radius 1 is 1.12 bits per heavy atom. The quantitative estimate of drug-likeness (QED) is 0.626. The molecule has 1 amide bonds. The molecule has 0 aromatic heterocycles. The highest BCUT2D eigenvalue weighted by Gasteiger charge is 2.14. The van der Waals surface area contributed by atoms with Gasteiger partial charge in [0.25, 0.3) is 5.91 Å². The molecule has 2 aromatic rings. The Morgan fingerprint density at radius 2 is 1.83 bits per heavy atom. The summed E-state index contributed by atoms with van der Waals surface area (Å²) in [6, 6.07) is 12.4. The molecule has 3 N–H and O–H groups in total. The normalized spacial score (nSPS) is 10.1. The molecule has 126 valence electrons. The van der Waals surface area contributed by atoms with Crippen molar-refractivity contribution < 1.29 is 19.1 Å². The zero-order valence-corrected chi connectivity index (χ0v) is 13.7. The monoisotopic (exact) mass is 328 g/mol. The van der Waals surface area contributed by atoms with Crippen molar-refractivity contribution in [3.63, 3.8) is 0 Å². The van der Waals surface area contributed by atoms with E-state index in [0.717, 1.165) is 16.9 Å². The minimum absolute atomic E-state index is 0.262. The Labute approximate surface area is 140 Å². The number of hydrogen-bond donors (Lipinski definition) is 2. The molecule has 6 heteroatoms. The topological polar surface area (TPSA) is 90.6 Å². The first-order valence-corrected chi connectivity index (χ1v) is 7.43. The summed E-state index contributed by atoms with van der Waals surface area (Å²) in [6.07, 6.45) is 0. The largest absolute Gasteiger partial charge is 0.497 e. The summed E-state index contributed by atoms with van der Waals surface area (Å²) in [5.41, 5.74) is 8.16. The molecule has 0 saturated heterocycles. The Bertz CT molecular complexity index is 726. The standard InChI is InChI=1S/C18H20N2O4/c1-12-4-3-5-15(17(12)19)18(22)24-11-16(21)20-10-13-6-8-14(23-2)9-7-13/h3-9H,10-11,19H2,1-2H3,(H,20,21). The number of carbonyl (C=O) groups excluding carboxylic acids is 2. The van der Waals surface area contributed by atoms with Crippen LogP contribution in [0.15, 0.2) is 42.5 Å². The number of aryl methyl sites for hydroxylation is 1. The summed E-state index contributed by atoms with van der Waals surface area (Å²) in [7, 11) is 1.59. The van der Waals surface area contributed by atoms with E-state index in [2.05, 4.69) is 5.32 Å². The smallest absolute Gasteiger partial charge is 0.340 e. The first kappa shape index (κ1) is 17.3. The predicted octanol–water partition coefficient (Wildman–Crippen LogP) is 2.06. The average molecular weight is 328 g/mol. The van der Waals surface area contributed by atoms with Crippen LogP contribution >= 0.6 is 0 Å². The number of para-hydroxylation sites is 1. The Morgan fingerprint density at radius 3 is 2.50 bits per heavy atom. The molecule has 0 atom stereocenters. The highest BCUT2D eigenvalue weighted by molar-refractivity contribution is 5.96. The number of nitrogens with one attached hydrogen (secondary N) is 1. The number of benzene rings is 2. The number of carbonyl (C=O) groups is 2. The van der Waals surface area contributed by atoms with Gasteiger partial charge in [-0.2, -0.15) is 0 Å². The number of hydrogen-bond acceptors (Lipinski definition) is 5. The summed E-state index contributed by atoms with van der Waals surface area (Å²) in [5, 5.41) is 2.68. The highest BCUT2D eigenvalue weighted by Crippen LogP contribution is 2.17. The third-order valence-corrected chi connectivity index (χ3v) is 3.53. The van der Waals surface area contributed by atoms with Gasteiger partial charge in [-0.1, -0.05) is 24.3 Å². The second kappa shape index (κ2) is 8.01. The maximum Gasteiger partial charge on any atom is 0.340 e. The number of methoxy groups -OCH3 is 1. The summed E-state index contributed by atoms with van der Waals surface area (Å²) in [6.45, 7) is 1.78. The minimum Gasteiger partial charge on any atom is -0.497 e. The number of esters is 1. The van der Waals surface area contributed by atoms with Crippen molar-refractivity contribution in [3.05, 3.63) is 59.2 Å². The molecule has 0 spiro atoms. The van der Waals surface area contributed by atoms with Crippen LogP contribution in [-0.2, 0) is 16.1 Å². The van der Waals surface area contributed by atoms with Crippen LogP contribution in [0, 0.1) is 6.92 Å². The van der Waals surface area contributed by atoms with E-state index in [1.165, 1.54) is 0 Å².